The molecule has 2 aliphatic heterocycles. The van der Waals surface area contributed by atoms with Gasteiger partial charge in [-0.1, -0.05) is 0 Å². The first kappa shape index (κ1) is 20.4. The zero-order chi connectivity index (χ0) is 20.8. The maximum Gasteiger partial charge on any atom is 0.433 e. The maximum atomic E-state index is 13.0. The number of carbonyl (C=O) groups is 1. The van der Waals surface area contributed by atoms with Crippen molar-refractivity contribution in [1.29, 1.82) is 0 Å². The van der Waals surface area contributed by atoms with Crippen molar-refractivity contribution in [2.75, 3.05) is 29.5 Å². The molecule has 7 nitrogen and oxygen atoms in total. The van der Waals surface area contributed by atoms with Gasteiger partial charge in [0.15, 0.2) is 9.84 Å². The highest BCUT2D eigenvalue weighted by atomic mass is 32.2. The molecule has 0 spiro atoms. The first-order valence-corrected chi connectivity index (χ1v) is 11.6. The Labute approximate surface area is 167 Å². The van der Waals surface area contributed by atoms with Crippen LogP contribution in [0.1, 0.15) is 37.8 Å². The largest absolute Gasteiger partial charge is 0.433 e. The second kappa shape index (κ2) is 7.41. The fraction of sp³-hybridized carbons (Fsp3) is 0.722. The Morgan fingerprint density at radius 2 is 1.72 bits per heavy atom. The van der Waals surface area contributed by atoms with Gasteiger partial charge in [0.25, 0.3) is 0 Å². The van der Waals surface area contributed by atoms with Crippen molar-refractivity contribution in [3.05, 3.63) is 18.1 Å². The highest BCUT2D eigenvalue weighted by Crippen LogP contribution is 2.37. The topological polar surface area (TPSA) is 83.5 Å². The van der Waals surface area contributed by atoms with E-state index in [4.69, 9.17) is 0 Å². The molecular formula is C18H23F3N4O3S. The molecule has 3 heterocycles. The number of hydrogen-bond donors (Lipinski definition) is 0. The number of aromatic nitrogens is 2. The molecule has 160 valence electrons. The molecule has 1 atom stereocenters. The van der Waals surface area contributed by atoms with Crippen LogP contribution in [0.5, 0.6) is 0 Å². The van der Waals surface area contributed by atoms with Gasteiger partial charge >= 0.3 is 6.18 Å². The van der Waals surface area contributed by atoms with Crippen LogP contribution in [-0.2, 0) is 20.8 Å². The Bertz CT molecular complexity index is 881. The van der Waals surface area contributed by atoms with Gasteiger partial charge < -0.3 is 9.80 Å². The molecule has 11 heteroatoms. The molecule has 3 fully saturated rings. The zero-order valence-electron chi connectivity index (χ0n) is 15.8. The molecule has 0 radical (unpaired) electrons. The van der Waals surface area contributed by atoms with Crippen molar-refractivity contribution in [3.8, 4) is 0 Å². The number of carbonyl (C=O) groups excluding carboxylic acids is 1. The standard InChI is InChI=1S/C18H23F3N4O3S/c19-18(20,21)15-9-16(23-11-22-15)25(13-1-2-13)14-3-6-24(7-4-14)17(26)12-5-8-29(27,28)10-12/h9,11-14H,1-8,10H2. The van der Waals surface area contributed by atoms with E-state index in [2.05, 4.69) is 9.97 Å². The van der Waals surface area contributed by atoms with Gasteiger partial charge in [0, 0.05) is 31.2 Å². The molecule has 29 heavy (non-hydrogen) atoms. The van der Waals surface area contributed by atoms with E-state index in [0.717, 1.165) is 25.2 Å². The minimum Gasteiger partial charge on any atom is -0.350 e. The maximum absolute atomic E-state index is 13.0. The third-order valence-corrected chi connectivity index (χ3v) is 7.67. The molecule has 3 aliphatic rings. The van der Waals surface area contributed by atoms with E-state index in [-0.39, 0.29) is 35.3 Å². The fourth-order valence-electron chi connectivity index (χ4n) is 4.28. The summed E-state index contributed by atoms with van der Waals surface area (Å²) in [6.45, 7) is 0.945. The van der Waals surface area contributed by atoms with Crippen LogP contribution in [0.3, 0.4) is 0 Å². The van der Waals surface area contributed by atoms with Crippen molar-refractivity contribution in [1.82, 2.24) is 14.9 Å². The minimum absolute atomic E-state index is 0.00477. The summed E-state index contributed by atoms with van der Waals surface area (Å²) in [7, 11) is -3.12. The van der Waals surface area contributed by atoms with Crippen LogP contribution >= 0.6 is 0 Å². The Balaban J connectivity index is 1.43. The summed E-state index contributed by atoms with van der Waals surface area (Å²) in [4.78, 5) is 23.7. The number of rotatable bonds is 4. The fourth-order valence-corrected chi connectivity index (χ4v) is 6.01. The molecule has 1 aliphatic carbocycles. The second-order valence-electron chi connectivity index (χ2n) is 8.05. The molecule has 4 rings (SSSR count). The molecule has 0 N–H and O–H groups in total. The van der Waals surface area contributed by atoms with Gasteiger partial charge in [0.05, 0.1) is 17.4 Å². The zero-order valence-corrected chi connectivity index (χ0v) is 16.6. The number of hydrogen-bond acceptors (Lipinski definition) is 6. The van der Waals surface area contributed by atoms with Crippen LogP contribution in [0.25, 0.3) is 0 Å². The van der Waals surface area contributed by atoms with Gasteiger partial charge in [-0.05, 0) is 32.1 Å². The highest BCUT2D eigenvalue weighted by molar-refractivity contribution is 7.91. The van der Waals surface area contributed by atoms with E-state index >= 15 is 0 Å². The third-order valence-electron chi connectivity index (χ3n) is 5.90. The molecule has 1 amide bonds. The summed E-state index contributed by atoms with van der Waals surface area (Å²) in [6.07, 6.45) is -0.150. The third kappa shape index (κ3) is 4.49. The van der Waals surface area contributed by atoms with E-state index in [1.807, 2.05) is 4.90 Å². The summed E-state index contributed by atoms with van der Waals surface area (Å²) in [5.41, 5.74) is -0.955. The van der Waals surface area contributed by atoms with Crippen LogP contribution in [0.4, 0.5) is 19.0 Å². The molecule has 1 unspecified atom stereocenters. The number of amides is 1. The monoisotopic (exact) mass is 432 g/mol. The number of sulfone groups is 1. The van der Waals surface area contributed by atoms with Crippen molar-refractivity contribution >= 4 is 21.6 Å². The SMILES string of the molecule is O=C(C1CCS(=O)(=O)C1)N1CCC(N(c2cc(C(F)(F)F)ncn2)C2CC2)CC1. The Morgan fingerprint density at radius 1 is 1.07 bits per heavy atom. The van der Waals surface area contributed by atoms with E-state index < -0.39 is 27.6 Å². The smallest absolute Gasteiger partial charge is 0.350 e. The quantitative estimate of drug-likeness (QED) is 0.723. The lowest BCUT2D eigenvalue weighted by atomic mass is 10.00. The van der Waals surface area contributed by atoms with Gasteiger partial charge in [-0.3, -0.25) is 4.79 Å². The number of likely N-dealkylation sites (tertiary alicyclic amines) is 1. The van der Waals surface area contributed by atoms with Crippen LogP contribution in [0, 0.1) is 5.92 Å². The number of piperidine rings is 1. The Hall–Kier alpha value is -1.91. The lowest BCUT2D eigenvalue weighted by Gasteiger charge is -2.40. The van der Waals surface area contributed by atoms with Crippen molar-refractivity contribution in [3.63, 3.8) is 0 Å². The van der Waals surface area contributed by atoms with Gasteiger partial charge in [-0.2, -0.15) is 13.2 Å². The van der Waals surface area contributed by atoms with E-state index in [9.17, 15) is 26.4 Å². The average molecular weight is 432 g/mol. The Kier molecular flexibility index (Phi) is 5.20. The molecule has 0 bridgehead atoms. The van der Waals surface area contributed by atoms with Gasteiger partial charge in [-0.15, -0.1) is 0 Å². The molecule has 0 aromatic carbocycles. The van der Waals surface area contributed by atoms with E-state index in [1.54, 1.807) is 4.90 Å². The van der Waals surface area contributed by atoms with Crippen LogP contribution in [0.15, 0.2) is 12.4 Å². The Morgan fingerprint density at radius 3 is 2.28 bits per heavy atom. The summed E-state index contributed by atoms with van der Waals surface area (Å²) in [5, 5.41) is 0. The van der Waals surface area contributed by atoms with Crippen molar-refractivity contribution in [2.24, 2.45) is 5.92 Å². The summed E-state index contributed by atoms with van der Waals surface area (Å²) < 4.78 is 62.4. The van der Waals surface area contributed by atoms with Crippen LogP contribution in [-0.4, -0.2) is 65.9 Å². The summed E-state index contributed by atoms with van der Waals surface area (Å²) >= 11 is 0. The van der Waals surface area contributed by atoms with Gasteiger partial charge in [-0.25, -0.2) is 18.4 Å². The van der Waals surface area contributed by atoms with Crippen molar-refractivity contribution in [2.45, 2.75) is 50.4 Å². The summed E-state index contributed by atoms with van der Waals surface area (Å²) in [6, 6.07) is 1.16. The normalized spacial score (nSPS) is 25.2. The first-order chi connectivity index (χ1) is 13.6. The predicted octanol–water partition coefficient (Wildman–Crippen LogP) is 1.89. The van der Waals surface area contributed by atoms with E-state index in [0.29, 0.717) is 32.4 Å². The number of alkyl halides is 3. The number of nitrogens with zero attached hydrogens (tertiary/aromatic N) is 4. The van der Waals surface area contributed by atoms with Crippen LogP contribution < -0.4 is 4.90 Å². The predicted molar refractivity (Wildman–Crippen MR) is 98.9 cm³/mol. The average Bonchev–Trinajstić information content (AvgIpc) is 3.43. The molecule has 1 aromatic rings. The number of anilines is 1. The van der Waals surface area contributed by atoms with E-state index in [1.165, 1.54) is 0 Å². The van der Waals surface area contributed by atoms with Crippen molar-refractivity contribution < 1.29 is 26.4 Å². The number of halogens is 3. The molecular weight excluding hydrogens is 409 g/mol. The highest BCUT2D eigenvalue weighted by Gasteiger charge is 2.41. The lowest BCUT2D eigenvalue weighted by Crippen LogP contribution is -2.49. The molecule has 1 aromatic heterocycles. The molecule has 2 saturated heterocycles. The van der Waals surface area contributed by atoms with Gasteiger partial charge in [0.1, 0.15) is 17.8 Å². The second-order valence-corrected chi connectivity index (χ2v) is 10.3. The van der Waals surface area contributed by atoms with Gasteiger partial charge in [0.2, 0.25) is 5.91 Å². The lowest BCUT2D eigenvalue weighted by molar-refractivity contribution is -0.141. The minimum atomic E-state index is -4.52. The first-order valence-electron chi connectivity index (χ1n) is 9.81. The summed E-state index contributed by atoms with van der Waals surface area (Å²) in [5.74, 6) is -0.330. The molecule has 1 saturated carbocycles. The van der Waals surface area contributed by atoms with Crippen LogP contribution in [0.2, 0.25) is 0 Å².